The second kappa shape index (κ2) is 5.68. The highest BCUT2D eigenvalue weighted by Gasteiger charge is 2.31. The van der Waals surface area contributed by atoms with Crippen molar-refractivity contribution in [1.82, 2.24) is 4.98 Å². The van der Waals surface area contributed by atoms with Crippen LogP contribution in [0, 0.1) is 0 Å². The van der Waals surface area contributed by atoms with Gasteiger partial charge in [-0.15, -0.1) is 0 Å². The number of aromatic nitrogens is 1. The summed E-state index contributed by atoms with van der Waals surface area (Å²) in [6, 6.07) is 7.87. The van der Waals surface area contributed by atoms with Gasteiger partial charge in [-0.1, -0.05) is 29.8 Å². The SMILES string of the molecule is OCc1ccccc1Oc1cc(C(F)(F)F)cc(Cl)n1. The number of pyridine rings is 1. The van der Waals surface area contributed by atoms with Gasteiger partial charge in [-0.2, -0.15) is 13.2 Å². The van der Waals surface area contributed by atoms with E-state index in [4.69, 9.17) is 21.4 Å². The maximum absolute atomic E-state index is 12.7. The Bertz CT molecular complexity index is 617. The molecule has 1 N–H and O–H groups in total. The summed E-state index contributed by atoms with van der Waals surface area (Å²) in [6.45, 7) is -0.303. The fourth-order valence-corrected chi connectivity index (χ4v) is 1.74. The molecule has 0 bridgehead atoms. The molecule has 7 heteroatoms. The molecule has 1 aromatic carbocycles. The van der Waals surface area contributed by atoms with Gasteiger partial charge in [0, 0.05) is 11.6 Å². The molecular formula is C13H9ClF3NO2. The highest BCUT2D eigenvalue weighted by atomic mass is 35.5. The van der Waals surface area contributed by atoms with E-state index in [1.54, 1.807) is 18.2 Å². The standard InChI is InChI=1S/C13H9ClF3NO2/c14-11-5-9(13(15,16)17)6-12(18-11)20-10-4-2-1-3-8(10)7-19/h1-6,19H,7H2. The fourth-order valence-electron chi connectivity index (χ4n) is 1.54. The Morgan fingerprint density at radius 1 is 1.20 bits per heavy atom. The number of rotatable bonds is 3. The monoisotopic (exact) mass is 303 g/mol. The molecule has 0 aliphatic rings. The zero-order valence-corrected chi connectivity index (χ0v) is 10.7. The van der Waals surface area contributed by atoms with Crippen molar-refractivity contribution in [3.8, 4) is 11.6 Å². The second-order valence-electron chi connectivity index (χ2n) is 3.88. The van der Waals surface area contributed by atoms with E-state index in [-0.39, 0.29) is 23.4 Å². The molecule has 1 aromatic heterocycles. The van der Waals surface area contributed by atoms with E-state index in [1.165, 1.54) is 6.07 Å². The minimum absolute atomic E-state index is 0.220. The largest absolute Gasteiger partial charge is 0.439 e. The van der Waals surface area contributed by atoms with Gasteiger partial charge in [0.25, 0.3) is 0 Å². The van der Waals surface area contributed by atoms with Crippen molar-refractivity contribution in [2.75, 3.05) is 0 Å². The minimum Gasteiger partial charge on any atom is -0.439 e. The fraction of sp³-hybridized carbons (Fsp3) is 0.154. The average molecular weight is 304 g/mol. The molecule has 0 amide bonds. The number of hydrogen-bond donors (Lipinski definition) is 1. The molecule has 0 aliphatic heterocycles. The van der Waals surface area contributed by atoms with E-state index < -0.39 is 11.7 Å². The first kappa shape index (κ1) is 14.6. The predicted molar refractivity (Wildman–Crippen MR) is 66.7 cm³/mol. The Kier molecular flexibility index (Phi) is 4.15. The van der Waals surface area contributed by atoms with Crippen LogP contribution < -0.4 is 4.74 Å². The molecule has 2 aromatic rings. The normalized spacial score (nSPS) is 11.4. The molecule has 0 fully saturated rings. The number of benzene rings is 1. The first-order valence-corrected chi connectivity index (χ1v) is 5.89. The molecule has 0 spiro atoms. The summed E-state index contributed by atoms with van der Waals surface area (Å²) in [5, 5.41) is 8.81. The van der Waals surface area contributed by atoms with Gasteiger partial charge < -0.3 is 9.84 Å². The summed E-state index contributed by atoms with van der Waals surface area (Å²) >= 11 is 5.56. The number of para-hydroxylation sites is 1. The first-order chi connectivity index (χ1) is 9.40. The van der Waals surface area contributed by atoms with E-state index in [2.05, 4.69) is 4.98 Å². The molecule has 3 nitrogen and oxygen atoms in total. The lowest BCUT2D eigenvalue weighted by Crippen LogP contribution is -2.06. The molecule has 20 heavy (non-hydrogen) atoms. The van der Waals surface area contributed by atoms with Gasteiger partial charge in [-0.25, -0.2) is 4.98 Å². The lowest BCUT2D eigenvalue weighted by molar-refractivity contribution is -0.137. The summed E-state index contributed by atoms with van der Waals surface area (Å²) in [7, 11) is 0. The van der Waals surface area contributed by atoms with Crippen LogP contribution in [0.1, 0.15) is 11.1 Å². The third-order valence-corrected chi connectivity index (χ3v) is 2.65. The molecule has 0 radical (unpaired) electrons. The Balaban J connectivity index is 2.36. The van der Waals surface area contributed by atoms with Crippen LogP contribution in [0.3, 0.4) is 0 Å². The van der Waals surface area contributed by atoms with E-state index >= 15 is 0 Å². The van der Waals surface area contributed by atoms with E-state index in [9.17, 15) is 13.2 Å². The molecule has 0 unspecified atom stereocenters. The Morgan fingerprint density at radius 3 is 2.55 bits per heavy atom. The van der Waals surface area contributed by atoms with Gasteiger partial charge in [0.1, 0.15) is 10.9 Å². The number of alkyl halides is 3. The van der Waals surface area contributed by atoms with Crippen molar-refractivity contribution in [2.45, 2.75) is 12.8 Å². The van der Waals surface area contributed by atoms with Crippen molar-refractivity contribution in [3.05, 3.63) is 52.7 Å². The van der Waals surface area contributed by atoms with Gasteiger partial charge in [0.2, 0.25) is 5.88 Å². The van der Waals surface area contributed by atoms with Gasteiger partial charge in [-0.3, -0.25) is 0 Å². The Hall–Kier alpha value is -1.79. The summed E-state index contributed by atoms with van der Waals surface area (Å²) in [5.41, 5.74) is -0.517. The van der Waals surface area contributed by atoms with Crippen LogP contribution in [0.4, 0.5) is 13.2 Å². The van der Waals surface area contributed by atoms with Crippen molar-refractivity contribution >= 4 is 11.6 Å². The summed E-state index contributed by atoms with van der Waals surface area (Å²) in [6.07, 6.45) is -4.54. The van der Waals surface area contributed by atoms with Crippen LogP contribution >= 0.6 is 11.6 Å². The maximum Gasteiger partial charge on any atom is 0.416 e. The van der Waals surface area contributed by atoms with Gasteiger partial charge in [0.05, 0.1) is 12.2 Å². The topological polar surface area (TPSA) is 42.4 Å². The zero-order valence-electron chi connectivity index (χ0n) is 9.99. The minimum atomic E-state index is -4.54. The Labute approximate surface area is 117 Å². The molecule has 1 heterocycles. The number of aliphatic hydroxyl groups is 1. The van der Waals surface area contributed by atoms with Gasteiger partial charge >= 0.3 is 6.18 Å². The Morgan fingerprint density at radius 2 is 1.90 bits per heavy atom. The quantitative estimate of drug-likeness (QED) is 0.870. The second-order valence-corrected chi connectivity index (χ2v) is 4.27. The van der Waals surface area contributed by atoms with Crippen LogP contribution in [0.25, 0.3) is 0 Å². The van der Waals surface area contributed by atoms with Crippen LogP contribution in [-0.2, 0) is 12.8 Å². The van der Waals surface area contributed by atoms with E-state index in [0.29, 0.717) is 11.6 Å². The third kappa shape index (κ3) is 3.40. The number of nitrogens with zero attached hydrogens (tertiary/aromatic N) is 1. The summed E-state index contributed by atoms with van der Waals surface area (Å²) < 4.78 is 43.2. The number of hydrogen-bond acceptors (Lipinski definition) is 3. The number of aliphatic hydroxyl groups excluding tert-OH is 1. The number of ether oxygens (including phenoxy) is 1. The van der Waals surface area contributed by atoms with Crippen LogP contribution in [0.15, 0.2) is 36.4 Å². The molecule has 0 saturated heterocycles. The van der Waals surface area contributed by atoms with E-state index in [0.717, 1.165) is 6.07 Å². The smallest absolute Gasteiger partial charge is 0.416 e. The van der Waals surface area contributed by atoms with Gasteiger partial charge in [-0.05, 0) is 12.1 Å². The van der Waals surface area contributed by atoms with Crippen molar-refractivity contribution in [3.63, 3.8) is 0 Å². The van der Waals surface area contributed by atoms with E-state index in [1.807, 2.05) is 0 Å². The van der Waals surface area contributed by atoms with Crippen LogP contribution in [0.5, 0.6) is 11.6 Å². The molecule has 106 valence electrons. The summed E-state index contributed by atoms with van der Waals surface area (Å²) in [5.74, 6) is -0.0661. The van der Waals surface area contributed by atoms with Crippen LogP contribution in [-0.4, -0.2) is 10.1 Å². The maximum atomic E-state index is 12.7. The highest BCUT2D eigenvalue weighted by molar-refractivity contribution is 6.29. The average Bonchev–Trinajstić information content (AvgIpc) is 2.37. The number of halogens is 4. The highest BCUT2D eigenvalue weighted by Crippen LogP contribution is 2.34. The molecule has 0 saturated carbocycles. The lowest BCUT2D eigenvalue weighted by Gasteiger charge is -2.11. The van der Waals surface area contributed by atoms with Gasteiger partial charge in [0.15, 0.2) is 0 Å². The van der Waals surface area contributed by atoms with Crippen molar-refractivity contribution in [1.29, 1.82) is 0 Å². The third-order valence-electron chi connectivity index (χ3n) is 2.46. The van der Waals surface area contributed by atoms with Crippen LogP contribution in [0.2, 0.25) is 5.15 Å². The van der Waals surface area contributed by atoms with Crippen molar-refractivity contribution < 1.29 is 23.0 Å². The molecular weight excluding hydrogens is 295 g/mol. The lowest BCUT2D eigenvalue weighted by atomic mass is 10.2. The molecule has 2 rings (SSSR count). The predicted octanol–water partition coefficient (Wildman–Crippen LogP) is 4.04. The first-order valence-electron chi connectivity index (χ1n) is 5.51. The zero-order chi connectivity index (χ0) is 14.8. The molecule has 0 aliphatic carbocycles. The van der Waals surface area contributed by atoms with Crippen molar-refractivity contribution in [2.24, 2.45) is 0 Å². The summed E-state index contributed by atoms with van der Waals surface area (Å²) in [4.78, 5) is 3.68. The molecule has 0 atom stereocenters.